The Hall–Kier alpha value is -2.71. The Morgan fingerprint density at radius 1 is 1.03 bits per heavy atom. The van der Waals surface area contributed by atoms with Crippen LogP contribution in [0.3, 0.4) is 0 Å². The second kappa shape index (κ2) is 6.96. The lowest BCUT2D eigenvalue weighted by Gasteiger charge is -2.26. The first-order valence-corrected chi connectivity index (χ1v) is 11.4. The zero-order valence-corrected chi connectivity index (χ0v) is 16.8. The molecule has 7 nitrogen and oxygen atoms in total. The van der Waals surface area contributed by atoms with Gasteiger partial charge in [-0.2, -0.15) is 9.40 Å². The number of sulfonamides is 1. The fourth-order valence-corrected chi connectivity index (χ4v) is 5.86. The summed E-state index contributed by atoms with van der Waals surface area (Å²) in [5.41, 5.74) is 2.96. The molecule has 1 N–H and O–H groups in total. The Morgan fingerprint density at radius 2 is 1.86 bits per heavy atom. The maximum atomic E-state index is 13.2. The van der Waals surface area contributed by atoms with Crippen molar-refractivity contribution >= 4 is 32.5 Å². The van der Waals surface area contributed by atoms with Gasteiger partial charge in [0.05, 0.1) is 22.2 Å². The third-order valence-electron chi connectivity index (χ3n) is 5.85. The number of rotatable bonds is 3. The van der Waals surface area contributed by atoms with E-state index in [1.165, 1.54) is 0 Å². The van der Waals surface area contributed by atoms with Crippen molar-refractivity contribution in [3.05, 3.63) is 53.7 Å². The number of hydrogen-bond donors (Lipinski definition) is 1. The maximum absolute atomic E-state index is 13.2. The predicted molar refractivity (Wildman–Crippen MR) is 111 cm³/mol. The molecule has 0 saturated carbocycles. The van der Waals surface area contributed by atoms with Gasteiger partial charge < -0.3 is 4.90 Å². The average Bonchev–Trinajstić information content (AvgIpc) is 3.40. The summed E-state index contributed by atoms with van der Waals surface area (Å²) in [6, 6.07) is 10.7. The normalized spacial score (nSPS) is 17.6. The van der Waals surface area contributed by atoms with Crippen LogP contribution in [0.5, 0.6) is 0 Å². The van der Waals surface area contributed by atoms with Crippen molar-refractivity contribution in [3.8, 4) is 0 Å². The van der Waals surface area contributed by atoms with Crippen LogP contribution in [0.4, 0.5) is 5.69 Å². The summed E-state index contributed by atoms with van der Waals surface area (Å²) in [4.78, 5) is 15.2. The van der Waals surface area contributed by atoms with Crippen molar-refractivity contribution in [3.63, 3.8) is 0 Å². The standard InChI is InChI=1S/C21H22N4O3S/c26-21(18-6-4-5-16-14-22-23-20(16)18)25-12-9-15-13-17(7-8-19(15)25)29(27,28)24-10-2-1-3-11-24/h4-8,13-14H,1-3,9-12H2,(H,22,23). The molecule has 150 valence electrons. The second-order valence-electron chi connectivity index (χ2n) is 7.60. The van der Waals surface area contributed by atoms with E-state index in [4.69, 9.17) is 0 Å². The Kier molecular flexibility index (Phi) is 4.40. The molecule has 1 aromatic heterocycles. The fourth-order valence-electron chi connectivity index (χ4n) is 4.30. The van der Waals surface area contributed by atoms with Gasteiger partial charge in [-0.05, 0) is 49.1 Å². The number of fused-ring (bicyclic) bond motifs is 2. The molecule has 0 radical (unpaired) electrons. The Balaban J connectivity index is 1.46. The number of nitrogens with zero attached hydrogens (tertiary/aromatic N) is 3. The highest BCUT2D eigenvalue weighted by molar-refractivity contribution is 7.89. The molecule has 2 aromatic carbocycles. The van der Waals surface area contributed by atoms with Crippen LogP contribution in [0, 0.1) is 0 Å². The van der Waals surface area contributed by atoms with Gasteiger partial charge >= 0.3 is 0 Å². The molecular weight excluding hydrogens is 388 g/mol. The summed E-state index contributed by atoms with van der Waals surface area (Å²) in [6.45, 7) is 1.70. The number of piperidine rings is 1. The number of benzene rings is 2. The van der Waals surface area contributed by atoms with E-state index in [1.54, 1.807) is 39.7 Å². The molecule has 0 aliphatic carbocycles. The molecule has 29 heavy (non-hydrogen) atoms. The van der Waals surface area contributed by atoms with Crippen molar-refractivity contribution in [2.45, 2.75) is 30.6 Å². The molecule has 1 fully saturated rings. The van der Waals surface area contributed by atoms with E-state index >= 15 is 0 Å². The van der Waals surface area contributed by atoms with Gasteiger partial charge in [0, 0.05) is 30.7 Å². The molecule has 0 unspecified atom stereocenters. The van der Waals surface area contributed by atoms with Crippen LogP contribution in [-0.2, 0) is 16.4 Å². The van der Waals surface area contributed by atoms with Crippen LogP contribution in [0.2, 0.25) is 0 Å². The van der Waals surface area contributed by atoms with Gasteiger partial charge in [0.15, 0.2) is 0 Å². The number of amides is 1. The molecule has 3 aromatic rings. The van der Waals surface area contributed by atoms with Crippen molar-refractivity contribution in [1.82, 2.24) is 14.5 Å². The Morgan fingerprint density at radius 3 is 2.69 bits per heavy atom. The number of carbonyl (C=O) groups is 1. The number of hydrogen-bond acceptors (Lipinski definition) is 4. The molecule has 0 bridgehead atoms. The van der Waals surface area contributed by atoms with E-state index in [0.717, 1.165) is 41.4 Å². The van der Waals surface area contributed by atoms with Gasteiger partial charge in [0.2, 0.25) is 10.0 Å². The maximum Gasteiger partial charge on any atom is 0.260 e. The van der Waals surface area contributed by atoms with Crippen LogP contribution in [0.1, 0.15) is 35.2 Å². The SMILES string of the molecule is O=C(c1cccc2cn[nH]c12)N1CCc2cc(S(=O)(=O)N3CCCCC3)ccc21. The van der Waals surface area contributed by atoms with Gasteiger partial charge in [-0.1, -0.05) is 18.6 Å². The monoisotopic (exact) mass is 410 g/mol. The van der Waals surface area contributed by atoms with Crippen molar-refractivity contribution in [2.75, 3.05) is 24.5 Å². The number of carbonyl (C=O) groups excluding carboxylic acids is 1. The minimum absolute atomic E-state index is 0.106. The first-order valence-electron chi connectivity index (χ1n) is 9.93. The highest BCUT2D eigenvalue weighted by Gasteiger charge is 2.31. The lowest BCUT2D eigenvalue weighted by molar-refractivity contribution is 0.0991. The molecule has 1 saturated heterocycles. The predicted octanol–water partition coefficient (Wildman–Crippen LogP) is 2.94. The quantitative estimate of drug-likeness (QED) is 0.719. The first kappa shape index (κ1) is 18.3. The lowest BCUT2D eigenvalue weighted by Crippen LogP contribution is -2.35. The third kappa shape index (κ3) is 3.03. The molecule has 5 rings (SSSR count). The van der Waals surface area contributed by atoms with Gasteiger partial charge in [0.1, 0.15) is 0 Å². The summed E-state index contributed by atoms with van der Waals surface area (Å²) in [7, 11) is -3.48. The smallest absolute Gasteiger partial charge is 0.260 e. The number of aromatic nitrogens is 2. The summed E-state index contributed by atoms with van der Waals surface area (Å²) < 4.78 is 27.5. The number of para-hydroxylation sites is 1. The number of H-pyrrole nitrogens is 1. The number of anilines is 1. The van der Waals surface area contributed by atoms with E-state index in [0.29, 0.717) is 36.5 Å². The van der Waals surface area contributed by atoms with Crippen molar-refractivity contribution in [2.24, 2.45) is 0 Å². The first-order chi connectivity index (χ1) is 14.1. The van der Waals surface area contributed by atoms with Gasteiger partial charge in [-0.25, -0.2) is 8.42 Å². The van der Waals surface area contributed by atoms with Crippen LogP contribution >= 0.6 is 0 Å². The number of nitrogens with one attached hydrogen (secondary N) is 1. The third-order valence-corrected chi connectivity index (χ3v) is 7.75. The molecule has 1 amide bonds. The molecular formula is C21H22N4O3S. The molecule has 0 atom stereocenters. The largest absolute Gasteiger partial charge is 0.308 e. The van der Waals surface area contributed by atoms with Gasteiger partial charge in [-0.15, -0.1) is 0 Å². The van der Waals surface area contributed by atoms with Gasteiger partial charge in [0.25, 0.3) is 5.91 Å². The summed E-state index contributed by atoms with van der Waals surface area (Å²) in [6.07, 6.45) is 5.23. The van der Waals surface area contributed by atoms with Gasteiger partial charge in [-0.3, -0.25) is 9.89 Å². The average molecular weight is 410 g/mol. The second-order valence-corrected chi connectivity index (χ2v) is 9.54. The zero-order valence-electron chi connectivity index (χ0n) is 16.0. The number of aromatic amines is 1. The van der Waals surface area contributed by atoms with Crippen LogP contribution in [-0.4, -0.2) is 48.5 Å². The van der Waals surface area contributed by atoms with E-state index in [-0.39, 0.29) is 5.91 Å². The summed E-state index contributed by atoms with van der Waals surface area (Å²) >= 11 is 0. The van der Waals surface area contributed by atoms with E-state index in [9.17, 15) is 13.2 Å². The van der Waals surface area contributed by atoms with Crippen LogP contribution in [0.15, 0.2) is 47.5 Å². The van der Waals surface area contributed by atoms with E-state index < -0.39 is 10.0 Å². The zero-order chi connectivity index (χ0) is 20.0. The van der Waals surface area contributed by atoms with E-state index in [2.05, 4.69) is 10.2 Å². The minimum atomic E-state index is -3.48. The summed E-state index contributed by atoms with van der Waals surface area (Å²) in [5, 5.41) is 7.82. The molecule has 2 aliphatic heterocycles. The minimum Gasteiger partial charge on any atom is -0.308 e. The Labute approximate surface area is 169 Å². The topological polar surface area (TPSA) is 86.4 Å². The molecule has 2 aliphatic rings. The van der Waals surface area contributed by atoms with E-state index in [1.807, 2.05) is 12.1 Å². The van der Waals surface area contributed by atoms with Crippen LogP contribution in [0.25, 0.3) is 10.9 Å². The highest BCUT2D eigenvalue weighted by atomic mass is 32.2. The molecule has 8 heteroatoms. The molecule has 0 spiro atoms. The molecule has 3 heterocycles. The highest BCUT2D eigenvalue weighted by Crippen LogP contribution is 2.33. The Bertz CT molecular complexity index is 1200. The van der Waals surface area contributed by atoms with Crippen molar-refractivity contribution < 1.29 is 13.2 Å². The summed E-state index contributed by atoms with van der Waals surface area (Å²) in [5.74, 6) is -0.106. The fraction of sp³-hybridized carbons (Fsp3) is 0.333. The van der Waals surface area contributed by atoms with Crippen molar-refractivity contribution in [1.29, 1.82) is 0 Å². The van der Waals surface area contributed by atoms with Crippen LogP contribution < -0.4 is 4.90 Å². The lowest BCUT2D eigenvalue weighted by atomic mass is 10.1.